The van der Waals surface area contributed by atoms with Crippen molar-refractivity contribution in [3.63, 3.8) is 0 Å². The van der Waals surface area contributed by atoms with Gasteiger partial charge < -0.3 is 18.9 Å². The standard InChI is InChI=1S/C28H32O7/c1-4-9-27(30)34-19-8-6-5-7-18-33-24-14-12-23(13-15-24)28(31)35-25-16-10-22(20-21(25)2)11-17-26(29)32-3/h4,9-17,20H,5-8,18-19H2,1-3H3. The molecule has 0 fully saturated rings. The van der Waals surface area contributed by atoms with Crippen LogP contribution in [0.15, 0.2) is 60.7 Å². The Labute approximate surface area is 206 Å². The first-order valence-electron chi connectivity index (χ1n) is 11.5. The average Bonchev–Trinajstić information content (AvgIpc) is 2.86. The first kappa shape index (κ1) is 27.4. The van der Waals surface area contributed by atoms with Crippen molar-refractivity contribution in [1.82, 2.24) is 0 Å². The van der Waals surface area contributed by atoms with Gasteiger partial charge in [-0.2, -0.15) is 0 Å². The first-order valence-corrected chi connectivity index (χ1v) is 11.5. The molecule has 186 valence electrons. The number of rotatable bonds is 13. The van der Waals surface area contributed by atoms with Gasteiger partial charge in [0.2, 0.25) is 0 Å². The lowest BCUT2D eigenvalue weighted by Crippen LogP contribution is -2.09. The second kappa shape index (κ2) is 15.1. The molecular weight excluding hydrogens is 448 g/mol. The maximum absolute atomic E-state index is 12.5. The number of unbranched alkanes of at least 4 members (excludes halogenated alkanes) is 3. The van der Waals surface area contributed by atoms with E-state index >= 15 is 0 Å². The number of allylic oxidation sites excluding steroid dienone is 1. The van der Waals surface area contributed by atoms with Crippen molar-refractivity contribution in [3.8, 4) is 11.5 Å². The minimum atomic E-state index is -0.465. The Bertz CT molecular complexity index is 1040. The lowest BCUT2D eigenvalue weighted by atomic mass is 10.1. The molecule has 0 heterocycles. The summed E-state index contributed by atoms with van der Waals surface area (Å²) >= 11 is 0. The molecule has 0 bridgehead atoms. The summed E-state index contributed by atoms with van der Waals surface area (Å²) in [5.41, 5.74) is 1.97. The van der Waals surface area contributed by atoms with Gasteiger partial charge >= 0.3 is 17.9 Å². The number of carbonyl (C=O) groups is 3. The summed E-state index contributed by atoms with van der Waals surface area (Å²) in [6.45, 7) is 4.60. The highest BCUT2D eigenvalue weighted by molar-refractivity contribution is 5.91. The van der Waals surface area contributed by atoms with Gasteiger partial charge in [-0.1, -0.05) is 12.1 Å². The van der Waals surface area contributed by atoms with Crippen LogP contribution in [-0.2, 0) is 19.1 Å². The molecule has 0 radical (unpaired) electrons. The molecule has 2 rings (SSSR count). The van der Waals surface area contributed by atoms with Crippen LogP contribution in [0.1, 0.15) is 54.1 Å². The molecule has 35 heavy (non-hydrogen) atoms. The molecule has 0 N–H and O–H groups in total. The third-order valence-electron chi connectivity index (χ3n) is 4.96. The van der Waals surface area contributed by atoms with Crippen LogP contribution in [0.2, 0.25) is 0 Å². The van der Waals surface area contributed by atoms with Crippen molar-refractivity contribution < 1.29 is 33.3 Å². The molecule has 2 aromatic carbocycles. The molecule has 7 heteroatoms. The summed E-state index contributed by atoms with van der Waals surface area (Å²) in [6.07, 6.45) is 9.67. The quantitative estimate of drug-likeness (QED) is 0.163. The molecule has 0 aromatic heterocycles. The summed E-state index contributed by atoms with van der Waals surface area (Å²) in [7, 11) is 1.32. The number of esters is 3. The number of ether oxygens (including phenoxy) is 4. The SMILES string of the molecule is CC=CC(=O)OCCCCCCOc1ccc(C(=O)Oc2ccc(C=CC(=O)OC)cc2C)cc1. The smallest absolute Gasteiger partial charge is 0.343 e. The molecule has 0 saturated carbocycles. The van der Waals surface area contributed by atoms with E-state index in [2.05, 4.69) is 4.74 Å². The van der Waals surface area contributed by atoms with Gasteiger partial charge in [-0.15, -0.1) is 0 Å². The van der Waals surface area contributed by atoms with E-state index in [1.54, 1.807) is 55.5 Å². The van der Waals surface area contributed by atoms with Gasteiger partial charge in [0.1, 0.15) is 11.5 Å². The molecule has 2 aromatic rings. The van der Waals surface area contributed by atoms with Crippen LogP contribution < -0.4 is 9.47 Å². The molecule has 0 saturated heterocycles. The lowest BCUT2D eigenvalue weighted by Gasteiger charge is -2.09. The number of hydrogen-bond donors (Lipinski definition) is 0. The third kappa shape index (κ3) is 10.3. The predicted molar refractivity (Wildman–Crippen MR) is 133 cm³/mol. The Morgan fingerprint density at radius 1 is 0.857 bits per heavy atom. The summed E-state index contributed by atoms with van der Waals surface area (Å²) in [5.74, 6) is -0.0822. The lowest BCUT2D eigenvalue weighted by molar-refractivity contribution is -0.138. The average molecular weight is 481 g/mol. The topological polar surface area (TPSA) is 88.1 Å². The predicted octanol–water partition coefficient (Wildman–Crippen LogP) is 5.46. The Morgan fingerprint density at radius 2 is 1.57 bits per heavy atom. The highest BCUT2D eigenvalue weighted by atomic mass is 16.5. The largest absolute Gasteiger partial charge is 0.494 e. The zero-order valence-corrected chi connectivity index (χ0v) is 20.5. The van der Waals surface area contributed by atoms with Crippen molar-refractivity contribution in [3.05, 3.63) is 77.4 Å². The maximum atomic E-state index is 12.5. The Hall–Kier alpha value is -3.87. The van der Waals surface area contributed by atoms with Crippen molar-refractivity contribution in [2.75, 3.05) is 20.3 Å². The Kier molecular flexibility index (Phi) is 11.8. The molecule has 7 nitrogen and oxygen atoms in total. The second-order valence-corrected chi connectivity index (χ2v) is 7.73. The molecule has 0 atom stereocenters. The van der Waals surface area contributed by atoms with Crippen LogP contribution >= 0.6 is 0 Å². The van der Waals surface area contributed by atoms with Crippen LogP contribution in [0.25, 0.3) is 6.08 Å². The maximum Gasteiger partial charge on any atom is 0.343 e. The normalized spacial score (nSPS) is 10.9. The number of hydrogen-bond acceptors (Lipinski definition) is 7. The fourth-order valence-electron chi connectivity index (χ4n) is 3.07. The summed E-state index contributed by atoms with van der Waals surface area (Å²) in [6, 6.07) is 12.1. The number of benzene rings is 2. The van der Waals surface area contributed by atoms with Crippen molar-refractivity contribution >= 4 is 24.0 Å². The van der Waals surface area contributed by atoms with E-state index in [1.165, 1.54) is 19.3 Å². The third-order valence-corrected chi connectivity index (χ3v) is 4.96. The van der Waals surface area contributed by atoms with Gasteiger partial charge in [0.25, 0.3) is 0 Å². The molecule has 0 spiro atoms. The van der Waals surface area contributed by atoms with Gasteiger partial charge in [-0.25, -0.2) is 14.4 Å². The Morgan fingerprint density at radius 3 is 2.23 bits per heavy atom. The fourth-order valence-corrected chi connectivity index (χ4v) is 3.07. The van der Waals surface area contributed by atoms with Gasteiger partial charge in [-0.05, 0) is 93.1 Å². The number of methoxy groups -OCH3 is 1. The molecule has 0 aliphatic rings. The molecular formula is C28H32O7. The molecule has 0 aliphatic carbocycles. The summed E-state index contributed by atoms with van der Waals surface area (Å²) in [5, 5.41) is 0. The van der Waals surface area contributed by atoms with E-state index in [0.29, 0.717) is 30.3 Å². The van der Waals surface area contributed by atoms with E-state index in [1.807, 2.05) is 13.0 Å². The van der Waals surface area contributed by atoms with Crippen LogP contribution in [0.3, 0.4) is 0 Å². The summed E-state index contributed by atoms with van der Waals surface area (Å²) in [4.78, 5) is 34.9. The van der Waals surface area contributed by atoms with Crippen molar-refractivity contribution in [2.24, 2.45) is 0 Å². The van der Waals surface area contributed by atoms with Gasteiger partial charge in [-0.3, -0.25) is 0 Å². The van der Waals surface area contributed by atoms with E-state index in [0.717, 1.165) is 36.8 Å². The van der Waals surface area contributed by atoms with Crippen molar-refractivity contribution in [2.45, 2.75) is 39.5 Å². The van der Waals surface area contributed by atoms with Crippen LogP contribution in [0.4, 0.5) is 0 Å². The number of carbonyl (C=O) groups excluding carboxylic acids is 3. The Balaban J connectivity index is 1.73. The van der Waals surface area contributed by atoms with Gasteiger partial charge in [0, 0.05) is 12.2 Å². The fraction of sp³-hybridized carbons (Fsp3) is 0.321. The monoisotopic (exact) mass is 480 g/mol. The van der Waals surface area contributed by atoms with E-state index < -0.39 is 11.9 Å². The van der Waals surface area contributed by atoms with Crippen molar-refractivity contribution in [1.29, 1.82) is 0 Å². The van der Waals surface area contributed by atoms with E-state index in [9.17, 15) is 14.4 Å². The minimum absolute atomic E-state index is 0.305. The minimum Gasteiger partial charge on any atom is -0.494 e. The second-order valence-electron chi connectivity index (χ2n) is 7.73. The zero-order chi connectivity index (χ0) is 25.5. The van der Waals surface area contributed by atoms with Gasteiger partial charge in [0.05, 0.1) is 25.9 Å². The highest BCUT2D eigenvalue weighted by Gasteiger charge is 2.11. The van der Waals surface area contributed by atoms with E-state index in [-0.39, 0.29) is 5.97 Å². The molecule has 0 unspecified atom stereocenters. The first-order chi connectivity index (χ1) is 16.9. The molecule has 0 amide bonds. The van der Waals surface area contributed by atoms with E-state index in [4.69, 9.17) is 14.2 Å². The van der Waals surface area contributed by atoms with Crippen LogP contribution in [-0.4, -0.2) is 38.2 Å². The van der Waals surface area contributed by atoms with Gasteiger partial charge in [0.15, 0.2) is 0 Å². The summed E-state index contributed by atoms with van der Waals surface area (Å²) < 4.78 is 20.9. The van der Waals surface area contributed by atoms with Crippen LogP contribution in [0.5, 0.6) is 11.5 Å². The van der Waals surface area contributed by atoms with Crippen LogP contribution in [0, 0.1) is 6.92 Å². The molecule has 0 aliphatic heterocycles. The number of aryl methyl sites for hydroxylation is 1. The highest BCUT2D eigenvalue weighted by Crippen LogP contribution is 2.22. The zero-order valence-electron chi connectivity index (χ0n) is 20.5.